The molecule has 6 heteroatoms. The molecule has 1 fully saturated rings. The van der Waals surface area contributed by atoms with Crippen LogP contribution in [0.2, 0.25) is 0 Å². The van der Waals surface area contributed by atoms with E-state index < -0.39 is 0 Å². The van der Waals surface area contributed by atoms with Crippen LogP contribution in [-0.2, 0) is 11.3 Å². The number of hydrogen-bond donors (Lipinski definition) is 2. The van der Waals surface area contributed by atoms with Gasteiger partial charge < -0.3 is 19.9 Å². The Labute approximate surface area is 129 Å². The monoisotopic (exact) mass is 302 g/mol. The summed E-state index contributed by atoms with van der Waals surface area (Å²) in [7, 11) is 0. The molecule has 0 spiro atoms. The van der Waals surface area contributed by atoms with E-state index in [4.69, 9.17) is 4.74 Å². The molecule has 6 nitrogen and oxygen atoms in total. The van der Waals surface area contributed by atoms with E-state index in [9.17, 15) is 4.79 Å². The number of imidazole rings is 1. The molecule has 1 saturated heterocycles. The number of ether oxygens (including phenoxy) is 1. The van der Waals surface area contributed by atoms with Crippen molar-refractivity contribution in [1.29, 1.82) is 0 Å². The summed E-state index contributed by atoms with van der Waals surface area (Å²) in [5, 5.41) is 3.51. The second-order valence-electron chi connectivity index (χ2n) is 5.69. The van der Waals surface area contributed by atoms with Crippen molar-refractivity contribution < 1.29 is 9.53 Å². The third-order valence-corrected chi connectivity index (χ3v) is 3.97. The highest BCUT2D eigenvalue weighted by Gasteiger charge is 2.26. The Morgan fingerprint density at radius 2 is 2.41 bits per heavy atom. The number of aromatic amines is 1. The molecule has 1 aromatic carbocycles. The molecule has 1 atom stereocenters. The molecule has 0 saturated carbocycles. The Morgan fingerprint density at radius 1 is 1.55 bits per heavy atom. The van der Waals surface area contributed by atoms with Gasteiger partial charge in [0.15, 0.2) is 0 Å². The molecule has 2 N–H and O–H groups in total. The van der Waals surface area contributed by atoms with Crippen molar-refractivity contribution in [2.75, 3.05) is 19.7 Å². The maximum Gasteiger partial charge on any atom is 0.409 e. The highest BCUT2D eigenvalue weighted by Crippen LogP contribution is 2.15. The van der Waals surface area contributed by atoms with Crippen molar-refractivity contribution in [2.24, 2.45) is 0 Å². The van der Waals surface area contributed by atoms with Crippen molar-refractivity contribution in [3.63, 3.8) is 0 Å². The number of aryl methyl sites for hydroxylation is 1. The van der Waals surface area contributed by atoms with Crippen LogP contribution in [-0.4, -0.2) is 46.7 Å². The van der Waals surface area contributed by atoms with Crippen LogP contribution in [0.15, 0.2) is 18.2 Å². The summed E-state index contributed by atoms with van der Waals surface area (Å²) in [5.41, 5.74) is 3.28. The number of amides is 1. The van der Waals surface area contributed by atoms with Crippen molar-refractivity contribution in [3.05, 3.63) is 29.6 Å². The topological polar surface area (TPSA) is 70.2 Å². The van der Waals surface area contributed by atoms with Gasteiger partial charge >= 0.3 is 6.09 Å². The second kappa shape index (κ2) is 6.36. The molecule has 1 aliphatic heterocycles. The van der Waals surface area contributed by atoms with Crippen LogP contribution in [0.3, 0.4) is 0 Å². The van der Waals surface area contributed by atoms with E-state index in [0.717, 1.165) is 36.4 Å². The Balaban J connectivity index is 1.54. The smallest absolute Gasteiger partial charge is 0.409 e. The fourth-order valence-electron chi connectivity index (χ4n) is 2.86. The lowest BCUT2D eigenvalue weighted by molar-refractivity contribution is 0.115. The molecule has 2 aromatic rings. The van der Waals surface area contributed by atoms with Gasteiger partial charge in [0.2, 0.25) is 0 Å². The van der Waals surface area contributed by atoms with Gasteiger partial charge in [-0.3, -0.25) is 0 Å². The van der Waals surface area contributed by atoms with Crippen LogP contribution in [0, 0.1) is 6.92 Å². The summed E-state index contributed by atoms with van der Waals surface area (Å²) in [6, 6.07) is 6.58. The molecule has 1 unspecified atom stereocenters. The molecule has 0 radical (unpaired) electrons. The van der Waals surface area contributed by atoms with Gasteiger partial charge in [0.05, 0.1) is 17.6 Å². The number of hydrogen-bond acceptors (Lipinski definition) is 4. The van der Waals surface area contributed by atoms with Crippen LogP contribution in [0.4, 0.5) is 4.79 Å². The first-order valence-electron chi connectivity index (χ1n) is 7.76. The number of fused-ring (bicyclic) bond motifs is 1. The fourth-order valence-corrected chi connectivity index (χ4v) is 2.86. The Kier molecular flexibility index (Phi) is 4.29. The number of H-pyrrole nitrogens is 1. The van der Waals surface area contributed by atoms with Gasteiger partial charge in [-0.2, -0.15) is 0 Å². The standard InChI is InChI=1S/C16H22N4O2/c1-3-22-16(21)20-7-6-13(10-20)17-9-12-4-5-14-15(8-12)19-11(2)18-14/h4-5,8,13,17H,3,6-7,9-10H2,1-2H3,(H,18,19). The Bertz CT molecular complexity index is 667. The highest BCUT2D eigenvalue weighted by molar-refractivity contribution is 5.75. The van der Waals surface area contributed by atoms with E-state index >= 15 is 0 Å². The summed E-state index contributed by atoms with van der Waals surface area (Å²) in [4.78, 5) is 21.1. The van der Waals surface area contributed by atoms with Gasteiger partial charge in [-0.05, 0) is 38.0 Å². The normalized spacial score (nSPS) is 18.1. The van der Waals surface area contributed by atoms with Gasteiger partial charge in [-0.15, -0.1) is 0 Å². The lowest BCUT2D eigenvalue weighted by Crippen LogP contribution is -2.35. The van der Waals surface area contributed by atoms with Crippen LogP contribution in [0.5, 0.6) is 0 Å². The number of nitrogens with one attached hydrogen (secondary N) is 2. The predicted molar refractivity (Wildman–Crippen MR) is 84.7 cm³/mol. The Morgan fingerprint density at radius 3 is 3.23 bits per heavy atom. The largest absolute Gasteiger partial charge is 0.450 e. The minimum absolute atomic E-state index is 0.207. The first kappa shape index (κ1) is 14.8. The molecule has 0 aliphatic carbocycles. The molecule has 1 aliphatic rings. The summed E-state index contributed by atoms with van der Waals surface area (Å²) in [5.74, 6) is 0.931. The molecular weight excluding hydrogens is 280 g/mol. The lowest BCUT2D eigenvalue weighted by Gasteiger charge is -2.16. The SMILES string of the molecule is CCOC(=O)N1CCC(NCc2ccc3nc(C)[nH]c3c2)C1. The zero-order valence-corrected chi connectivity index (χ0v) is 13.1. The van der Waals surface area contributed by atoms with E-state index in [0.29, 0.717) is 19.2 Å². The summed E-state index contributed by atoms with van der Waals surface area (Å²) < 4.78 is 5.04. The third-order valence-electron chi connectivity index (χ3n) is 3.97. The van der Waals surface area contributed by atoms with E-state index in [1.807, 2.05) is 19.9 Å². The van der Waals surface area contributed by atoms with E-state index in [1.165, 1.54) is 5.56 Å². The molecule has 0 bridgehead atoms. The average Bonchev–Trinajstić information content (AvgIpc) is 3.10. The summed E-state index contributed by atoms with van der Waals surface area (Å²) in [6.07, 6.45) is 0.755. The van der Waals surface area contributed by atoms with Crippen LogP contribution < -0.4 is 5.32 Å². The number of nitrogens with zero attached hydrogens (tertiary/aromatic N) is 2. The predicted octanol–water partition coefficient (Wildman–Crippen LogP) is 2.19. The van der Waals surface area contributed by atoms with Gasteiger partial charge in [0.1, 0.15) is 5.82 Å². The van der Waals surface area contributed by atoms with Gasteiger partial charge in [0, 0.05) is 25.7 Å². The van der Waals surface area contributed by atoms with Crippen LogP contribution >= 0.6 is 0 Å². The molecule has 118 valence electrons. The van der Waals surface area contributed by atoms with E-state index in [-0.39, 0.29) is 6.09 Å². The molecule has 22 heavy (non-hydrogen) atoms. The minimum atomic E-state index is -0.207. The van der Waals surface area contributed by atoms with Crippen molar-refractivity contribution in [3.8, 4) is 0 Å². The fraction of sp³-hybridized carbons (Fsp3) is 0.500. The zero-order valence-electron chi connectivity index (χ0n) is 13.1. The summed E-state index contributed by atoms with van der Waals surface area (Å²) >= 11 is 0. The van der Waals surface area contributed by atoms with Crippen molar-refractivity contribution >= 4 is 17.1 Å². The van der Waals surface area contributed by atoms with Gasteiger partial charge in [-0.1, -0.05) is 6.07 Å². The number of aromatic nitrogens is 2. The lowest BCUT2D eigenvalue weighted by atomic mass is 10.2. The average molecular weight is 302 g/mol. The first-order valence-corrected chi connectivity index (χ1v) is 7.76. The maximum absolute atomic E-state index is 11.7. The molecule has 3 rings (SSSR count). The van der Waals surface area contributed by atoms with E-state index in [1.54, 1.807) is 4.90 Å². The van der Waals surface area contributed by atoms with Crippen LogP contribution in [0.25, 0.3) is 11.0 Å². The van der Waals surface area contributed by atoms with Crippen LogP contribution in [0.1, 0.15) is 24.7 Å². The number of likely N-dealkylation sites (tertiary alicyclic amines) is 1. The molecule has 1 aromatic heterocycles. The van der Waals surface area contributed by atoms with E-state index in [2.05, 4.69) is 27.4 Å². The molecule has 1 amide bonds. The maximum atomic E-state index is 11.7. The molecule has 2 heterocycles. The van der Waals surface area contributed by atoms with Gasteiger partial charge in [-0.25, -0.2) is 9.78 Å². The third kappa shape index (κ3) is 3.22. The van der Waals surface area contributed by atoms with Gasteiger partial charge in [0.25, 0.3) is 0 Å². The summed E-state index contributed by atoms with van der Waals surface area (Å²) in [6.45, 7) is 6.48. The number of carbonyl (C=O) groups excluding carboxylic acids is 1. The van der Waals surface area contributed by atoms with Crippen molar-refractivity contribution in [2.45, 2.75) is 32.9 Å². The Hall–Kier alpha value is -2.08. The second-order valence-corrected chi connectivity index (χ2v) is 5.69. The number of rotatable bonds is 4. The number of carbonyl (C=O) groups is 1. The minimum Gasteiger partial charge on any atom is -0.450 e. The quantitative estimate of drug-likeness (QED) is 0.908. The van der Waals surface area contributed by atoms with Crippen molar-refractivity contribution in [1.82, 2.24) is 20.2 Å². The first-order chi connectivity index (χ1) is 10.7. The molecular formula is C16H22N4O2. The highest BCUT2D eigenvalue weighted by atomic mass is 16.6. The zero-order chi connectivity index (χ0) is 15.5. The number of benzene rings is 1.